The van der Waals surface area contributed by atoms with Gasteiger partial charge < -0.3 is 15.8 Å². The van der Waals surface area contributed by atoms with Crippen molar-refractivity contribution in [3.63, 3.8) is 0 Å². The molecule has 3 N–H and O–H groups in total. The average Bonchev–Trinajstić information content (AvgIpc) is 2.68. The summed E-state index contributed by atoms with van der Waals surface area (Å²) in [6.45, 7) is 0.237. The van der Waals surface area contributed by atoms with E-state index in [-0.39, 0.29) is 18.2 Å². The third-order valence-corrected chi connectivity index (χ3v) is 3.64. The molecule has 0 saturated carbocycles. The molecule has 0 aliphatic rings. The molecule has 27 heavy (non-hydrogen) atoms. The number of nitrogens with two attached hydrogens (primary N) is 1. The van der Waals surface area contributed by atoms with Crippen molar-refractivity contribution < 1.29 is 9.66 Å². The minimum atomic E-state index is -0.437. The second-order valence-corrected chi connectivity index (χ2v) is 5.70. The van der Waals surface area contributed by atoms with E-state index in [0.29, 0.717) is 11.3 Å². The number of rotatable bonds is 6. The van der Waals surface area contributed by atoms with Crippen LogP contribution in [0.4, 0.5) is 11.4 Å². The summed E-state index contributed by atoms with van der Waals surface area (Å²) in [6, 6.07) is 23.1. The number of para-hydroxylation sites is 1. The zero-order valence-corrected chi connectivity index (χ0v) is 14.4. The van der Waals surface area contributed by atoms with E-state index in [0.717, 1.165) is 11.4 Å². The summed E-state index contributed by atoms with van der Waals surface area (Å²) >= 11 is 0. The Morgan fingerprint density at radius 1 is 1.00 bits per heavy atom. The third-order valence-electron chi connectivity index (χ3n) is 3.64. The molecule has 0 radical (unpaired) electrons. The Bertz CT molecular complexity index is 958. The zero-order chi connectivity index (χ0) is 19.1. The van der Waals surface area contributed by atoms with Gasteiger partial charge in [-0.15, -0.1) is 0 Å². The van der Waals surface area contributed by atoms with Gasteiger partial charge in [0.2, 0.25) is 0 Å². The summed E-state index contributed by atoms with van der Waals surface area (Å²) in [5.74, 6) is 1.61. The molecule has 0 amide bonds. The van der Waals surface area contributed by atoms with Gasteiger partial charge in [0.25, 0.3) is 5.69 Å². The van der Waals surface area contributed by atoms with Gasteiger partial charge in [0, 0.05) is 23.9 Å². The zero-order valence-electron chi connectivity index (χ0n) is 14.4. The predicted octanol–water partition coefficient (Wildman–Crippen LogP) is 4.31. The predicted molar refractivity (Wildman–Crippen MR) is 105 cm³/mol. The maximum atomic E-state index is 10.8. The Labute approximate surface area is 156 Å². The van der Waals surface area contributed by atoms with Crippen LogP contribution < -0.4 is 15.8 Å². The molecular weight excluding hydrogens is 344 g/mol. The number of anilines is 1. The van der Waals surface area contributed by atoms with E-state index in [4.69, 9.17) is 10.5 Å². The van der Waals surface area contributed by atoms with Gasteiger partial charge in [-0.05, 0) is 29.8 Å². The van der Waals surface area contributed by atoms with Crippen molar-refractivity contribution in [3.05, 3.63) is 94.5 Å². The van der Waals surface area contributed by atoms with Gasteiger partial charge in [0.15, 0.2) is 5.96 Å². The van der Waals surface area contributed by atoms with E-state index in [1.165, 1.54) is 12.1 Å². The average molecular weight is 362 g/mol. The van der Waals surface area contributed by atoms with Crippen LogP contribution in [0.1, 0.15) is 5.56 Å². The summed E-state index contributed by atoms with van der Waals surface area (Å²) in [4.78, 5) is 14.6. The lowest BCUT2D eigenvalue weighted by atomic mass is 10.2. The number of hydrogen-bond donors (Lipinski definition) is 2. The van der Waals surface area contributed by atoms with Gasteiger partial charge in [0.05, 0.1) is 11.5 Å². The fourth-order valence-electron chi connectivity index (χ4n) is 2.39. The van der Waals surface area contributed by atoms with Gasteiger partial charge in [-0.1, -0.05) is 36.4 Å². The molecule has 0 spiro atoms. The molecule has 0 aromatic heterocycles. The van der Waals surface area contributed by atoms with Crippen molar-refractivity contribution in [2.75, 3.05) is 5.32 Å². The van der Waals surface area contributed by atoms with Crippen LogP contribution in [0, 0.1) is 10.1 Å². The molecule has 7 heteroatoms. The van der Waals surface area contributed by atoms with Gasteiger partial charge in [0.1, 0.15) is 11.5 Å². The summed E-state index contributed by atoms with van der Waals surface area (Å²) in [5, 5.41) is 13.8. The van der Waals surface area contributed by atoms with Gasteiger partial charge >= 0.3 is 0 Å². The van der Waals surface area contributed by atoms with Gasteiger partial charge in [-0.25, -0.2) is 4.99 Å². The topological polar surface area (TPSA) is 103 Å². The van der Waals surface area contributed by atoms with Crippen LogP contribution in [-0.4, -0.2) is 10.9 Å². The van der Waals surface area contributed by atoms with Crippen molar-refractivity contribution in [3.8, 4) is 11.5 Å². The standard InChI is InChI=1S/C20H18N4O3/c21-20(22-14-15-6-4-8-17(12-15)24(25)26)23-16-7-5-11-19(13-16)27-18-9-2-1-3-10-18/h1-13H,14H2,(H3,21,22,23). The van der Waals surface area contributed by atoms with Crippen molar-refractivity contribution in [2.45, 2.75) is 6.54 Å². The number of non-ortho nitro benzene ring substituents is 1. The second-order valence-electron chi connectivity index (χ2n) is 5.70. The molecule has 136 valence electrons. The smallest absolute Gasteiger partial charge is 0.269 e. The number of nitrogens with zero attached hydrogens (tertiary/aromatic N) is 2. The maximum Gasteiger partial charge on any atom is 0.269 e. The highest BCUT2D eigenvalue weighted by molar-refractivity contribution is 5.92. The Balaban J connectivity index is 1.64. The maximum absolute atomic E-state index is 10.8. The van der Waals surface area contributed by atoms with Crippen LogP contribution in [0.25, 0.3) is 0 Å². The Morgan fingerprint density at radius 3 is 2.52 bits per heavy atom. The summed E-state index contributed by atoms with van der Waals surface area (Å²) < 4.78 is 5.78. The molecule has 0 atom stereocenters. The first-order valence-electron chi connectivity index (χ1n) is 8.23. The summed E-state index contributed by atoms with van der Waals surface area (Å²) in [7, 11) is 0. The SMILES string of the molecule is NC(=NCc1cccc([N+](=O)[O-])c1)Nc1cccc(Oc2ccccc2)c1. The van der Waals surface area contributed by atoms with E-state index >= 15 is 0 Å². The molecule has 7 nitrogen and oxygen atoms in total. The molecule has 0 aliphatic carbocycles. The van der Waals surface area contributed by atoms with E-state index in [1.807, 2.05) is 54.6 Å². The fourth-order valence-corrected chi connectivity index (χ4v) is 2.39. The van der Waals surface area contributed by atoms with Crippen molar-refractivity contribution in [1.82, 2.24) is 0 Å². The largest absolute Gasteiger partial charge is 0.457 e. The van der Waals surface area contributed by atoms with Crippen LogP contribution >= 0.6 is 0 Å². The van der Waals surface area contributed by atoms with Crippen LogP contribution in [0.3, 0.4) is 0 Å². The summed E-state index contributed by atoms with van der Waals surface area (Å²) in [6.07, 6.45) is 0. The molecule has 0 saturated heterocycles. The molecule has 3 rings (SSSR count). The number of guanidine groups is 1. The normalized spacial score (nSPS) is 11.0. The minimum absolute atomic E-state index is 0.0278. The van der Waals surface area contributed by atoms with Gasteiger partial charge in [-0.2, -0.15) is 0 Å². The van der Waals surface area contributed by atoms with E-state index in [2.05, 4.69) is 10.3 Å². The molecular formula is C20H18N4O3. The van der Waals surface area contributed by atoms with Crippen molar-refractivity contribution in [1.29, 1.82) is 0 Å². The number of nitro groups is 1. The lowest BCUT2D eigenvalue weighted by Gasteiger charge is -2.09. The van der Waals surface area contributed by atoms with Crippen LogP contribution in [0.2, 0.25) is 0 Å². The molecule has 0 unspecified atom stereocenters. The highest BCUT2D eigenvalue weighted by Gasteiger charge is 2.05. The third kappa shape index (κ3) is 5.30. The molecule has 3 aromatic rings. The van der Waals surface area contributed by atoms with Crippen LogP contribution in [0.15, 0.2) is 83.9 Å². The lowest BCUT2D eigenvalue weighted by Crippen LogP contribution is -2.22. The number of nitrogens with one attached hydrogen (secondary N) is 1. The summed E-state index contributed by atoms with van der Waals surface area (Å²) in [5.41, 5.74) is 7.38. The van der Waals surface area contributed by atoms with Crippen LogP contribution in [0.5, 0.6) is 11.5 Å². The highest BCUT2D eigenvalue weighted by Crippen LogP contribution is 2.23. The Kier molecular flexibility index (Phi) is 5.64. The molecule has 0 aliphatic heterocycles. The van der Waals surface area contributed by atoms with Gasteiger partial charge in [-0.3, -0.25) is 10.1 Å². The molecule has 0 heterocycles. The fraction of sp³-hybridized carbons (Fsp3) is 0.0500. The Morgan fingerprint density at radius 2 is 1.74 bits per heavy atom. The first-order chi connectivity index (χ1) is 13.1. The number of hydrogen-bond acceptors (Lipinski definition) is 4. The highest BCUT2D eigenvalue weighted by atomic mass is 16.6. The molecule has 0 bridgehead atoms. The van der Waals surface area contributed by atoms with E-state index in [9.17, 15) is 10.1 Å². The van der Waals surface area contributed by atoms with E-state index < -0.39 is 4.92 Å². The van der Waals surface area contributed by atoms with Crippen molar-refractivity contribution in [2.24, 2.45) is 10.7 Å². The van der Waals surface area contributed by atoms with E-state index in [1.54, 1.807) is 12.1 Å². The van der Waals surface area contributed by atoms with Crippen molar-refractivity contribution >= 4 is 17.3 Å². The Hall–Kier alpha value is -3.87. The molecule has 3 aromatic carbocycles. The minimum Gasteiger partial charge on any atom is -0.457 e. The quantitative estimate of drug-likeness (QED) is 0.294. The van der Waals surface area contributed by atoms with Crippen LogP contribution in [-0.2, 0) is 6.54 Å². The first kappa shape index (κ1) is 17.9. The number of aliphatic imine (C=N–C) groups is 1. The first-order valence-corrected chi connectivity index (χ1v) is 8.23. The number of ether oxygens (including phenoxy) is 1. The molecule has 0 fully saturated rings. The second kappa shape index (κ2) is 8.48. The number of benzene rings is 3. The number of nitro benzene ring substituents is 1. The monoisotopic (exact) mass is 362 g/mol. The lowest BCUT2D eigenvalue weighted by molar-refractivity contribution is -0.384.